The molecule has 2 aromatic heterocycles. The Labute approximate surface area is 303 Å². The molecular formula is C39H35N3O5S3. The van der Waals surface area contributed by atoms with Gasteiger partial charge >= 0.3 is 5.97 Å². The summed E-state index contributed by atoms with van der Waals surface area (Å²) in [6.45, 7) is 2.02. The van der Waals surface area contributed by atoms with Crippen LogP contribution in [0.25, 0.3) is 6.08 Å². The number of thiophene rings is 2. The Kier molecular flexibility index (Phi) is 11.6. The van der Waals surface area contributed by atoms with Gasteiger partial charge in [0.1, 0.15) is 10.7 Å². The molecule has 1 aliphatic rings. The number of thioether (sulfide) groups is 1. The average Bonchev–Trinajstić information content (AvgIpc) is 3.78. The number of rotatable bonds is 12. The lowest BCUT2D eigenvalue weighted by atomic mass is 9.83. The molecule has 0 spiro atoms. The molecule has 254 valence electrons. The molecule has 0 fully saturated rings. The molecule has 50 heavy (non-hydrogen) atoms. The van der Waals surface area contributed by atoms with Gasteiger partial charge < -0.3 is 20.7 Å². The maximum absolute atomic E-state index is 13.4. The molecule has 3 N–H and O–H groups in total. The predicted octanol–water partition coefficient (Wildman–Crippen LogP) is 8.40. The molecule has 0 aliphatic heterocycles. The Bertz CT molecular complexity index is 2010. The lowest BCUT2D eigenvalue weighted by molar-refractivity contribution is -0.114. The zero-order valence-electron chi connectivity index (χ0n) is 27.3. The third kappa shape index (κ3) is 8.78. The van der Waals surface area contributed by atoms with Crippen molar-refractivity contribution >= 4 is 74.9 Å². The van der Waals surface area contributed by atoms with Crippen LogP contribution in [0.4, 0.5) is 10.7 Å². The van der Waals surface area contributed by atoms with Gasteiger partial charge in [-0.05, 0) is 102 Å². The number of benzene rings is 3. The van der Waals surface area contributed by atoms with E-state index in [0.29, 0.717) is 27.7 Å². The molecule has 2 heterocycles. The van der Waals surface area contributed by atoms with E-state index in [1.54, 1.807) is 55.5 Å². The predicted molar refractivity (Wildman–Crippen MR) is 202 cm³/mol. The first kappa shape index (κ1) is 34.9. The Balaban J connectivity index is 1.11. The van der Waals surface area contributed by atoms with Gasteiger partial charge in [0.15, 0.2) is 0 Å². The van der Waals surface area contributed by atoms with Crippen LogP contribution in [0.3, 0.4) is 0 Å². The summed E-state index contributed by atoms with van der Waals surface area (Å²) in [6.07, 6.45) is 4.09. The Morgan fingerprint density at radius 2 is 1.72 bits per heavy atom. The summed E-state index contributed by atoms with van der Waals surface area (Å²) in [7, 11) is 0. The van der Waals surface area contributed by atoms with E-state index >= 15 is 0 Å². The standard InChI is InChI=1S/C39H35N3O5S3/c1-2-47-39(46)35-31-17-16-28(26-10-5-3-6-11-26)21-33(31)50-38(35)42-34(43)24-49-30-15-9-14-29(22-30)40-37(45)32(20-25-18-19-48-23-25)41-36(44)27-12-7-4-8-13-27/h3-15,18-20,22-23,28H,2,16-17,21,24H2,1H3,(H,40,45)(H,41,44)(H,42,43)/b32-20-. The van der Waals surface area contributed by atoms with Crippen LogP contribution in [0.1, 0.15) is 61.5 Å². The maximum Gasteiger partial charge on any atom is 0.341 e. The van der Waals surface area contributed by atoms with Crippen molar-refractivity contribution in [2.75, 3.05) is 23.0 Å². The largest absolute Gasteiger partial charge is 0.462 e. The van der Waals surface area contributed by atoms with Crippen molar-refractivity contribution in [3.63, 3.8) is 0 Å². The Morgan fingerprint density at radius 3 is 2.46 bits per heavy atom. The quantitative estimate of drug-likeness (QED) is 0.0678. The van der Waals surface area contributed by atoms with E-state index in [1.807, 2.05) is 47.2 Å². The van der Waals surface area contributed by atoms with Gasteiger partial charge in [0.05, 0.1) is 17.9 Å². The lowest BCUT2D eigenvalue weighted by Crippen LogP contribution is -2.30. The van der Waals surface area contributed by atoms with E-state index in [2.05, 4.69) is 28.1 Å². The van der Waals surface area contributed by atoms with Gasteiger partial charge in [-0.1, -0.05) is 54.6 Å². The fraction of sp³-hybridized carbons (Fsp3) is 0.179. The summed E-state index contributed by atoms with van der Waals surface area (Å²) in [4.78, 5) is 54.5. The maximum atomic E-state index is 13.4. The average molecular weight is 722 g/mol. The lowest BCUT2D eigenvalue weighted by Gasteiger charge is -2.23. The highest BCUT2D eigenvalue weighted by Crippen LogP contribution is 2.43. The molecule has 1 unspecified atom stereocenters. The molecule has 1 atom stereocenters. The number of anilines is 2. The molecule has 1 aliphatic carbocycles. The normalized spacial score (nSPS) is 13.9. The van der Waals surface area contributed by atoms with Gasteiger partial charge in [0, 0.05) is 21.0 Å². The van der Waals surface area contributed by atoms with Crippen LogP contribution in [0, 0.1) is 0 Å². The van der Waals surface area contributed by atoms with Crippen LogP contribution in [-0.4, -0.2) is 36.1 Å². The Hall–Kier alpha value is -4.97. The number of hydrogen-bond donors (Lipinski definition) is 3. The van der Waals surface area contributed by atoms with E-state index in [1.165, 1.54) is 40.0 Å². The van der Waals surface area contributed by atoms with E-state index in [0.717, 1.165) is 40.2 Å². The first-order chi connectivity index (χ1) is 24.4. The number of esters is 1. The first-order valence-corrected chi connectivity index (χ1v) is 18.9. The highest BCUT2D eigenvalue weighted by atomic mass is 32.2. The summed E-state index contributed by atoms with van der Waals surface area (Å²) in [5.41, 5.74) is 4.54. The summed E-state index contributed by atoms with van der Waals surface area (Å²) in [5.74, 6) is -1.11. The smallest absolute Gasteiger partial charge is 0.341 e. The van der Waals surface area contributed by atoms with Crippen molar-refractivity contribution in [1.29, 1.82) is 0 Å². The number of nitrogens with one attached hydrogen (secondary N) is 3. The third-order valence-corrected chi connectivity index (χ3v) is 11.0. The van der Waals surface area contributed by atoms with Crippen molar-refractivity contribution in [2.45, 2.75) is 37.0 Å². The molecule has 0 radical (unpaired) electrons. The van der Waals surface area contributed by atoms with Crippen LogP contribution >= 0.6 is 34.4 Å². The van der Waals surface area contributed by atoms with Gasteiger partial charge in [0.25, 0.3) is 11.8 Å². The van der Waals surface area contributed by atoms with E-state index < -0.39 is 17.8 Å². The van der Waals surface area contributed by atoms with Gasteiger partial charge in [-0.2, -0.15) is 11.3 Å². The van der Waals surface area contributed by atoms with Crippen LogP contribution in [0.2, 0.25) is 0 Å². The van der Waals surface area contributed by atoms with Crippen molar-refractivity contribution in [2.24, 2.45) is 0 Å². The summed E-state index contributed by atoms with van der Waals surface area (Å²) >= 11 is 4.25. The number of carbonyl (C=O) groups excluding carboxylic acids is 4. The molecular weight excluding hydrogens is 687 g/mol. The summed E-state index contributed by atoms with van der Waals surface area (Å²) in [6, 6.07) is 28.1. The number of carbonyl (C=O) groups is 4. The molecule has 3 amide bonds. The number of hydrogen-bond acceptors (Lipinski definition) is 8. The molecule has 0 saturated carbocycles. The van der Waals surface area contributed by atoms with E-state index in [4.69, 9.17) is 4.74 Å². The fourth-order valence-corrected chi connectivity index (χ4v) is 8.45. The second-order valence-corrected chi connectivity index (χ2v) is 14.5. The minimum absolute atomic E-state index is 0.0886. The van der Waals surface area contributed by atoms with Crippen molar-refractivity contribution in [3.8, 4) is 0 Å². The number of ether oxygens (including phenoxy) is 1. The second kappa shape index (κ2) is 16.6. The van der Waals surface area contributed by atoms with Crippen molar-refractivity contribution in [1.82, 2.24) is 5.32 Å². The molecule has 0 bridgehead atoms. The highest BCUT2D eigenvalue weighted by Gasteiger charge is 2.31. The number of amides is 3. The van der Waals surface area contributed by atoms with E-state index in [9.17, 15) is 19.2 Å². The molecule has 5 aromatic rings. The third-order valence-electron chi connectivity index (χ3n) is 8.11. The van der Waals surface area contributed by atoms with E-state index in [-0.39, 0.29) is 24.0 Å². The number of fused-ring (bicyclic) bond motifs is 1. The van der Waals surface area contributed by atoms with Crippen LogP contribution in [0.5, 0.6) is 0 Å². The molecule has 0 saturated heterocycles. The van der Waals surface area contributed by atoms with Crippen LogP contribution in [0.15, 0.2) is 112 Å². The first-order valence-electron chi connectivity index (χ1n) is 16.2. The highest BCUT2D eigenvalue weighted by molar-refractivity contribution is 8.00. The van der Waals surface area contributed by atoms with Crippen molar-refractivity contribution in [3.05, 3.63) is 140 Å². The monoisotopic (exact) mass is 721 g/mol. The SMILES string of the molecule is CCOC(=O)c1c(NC(=O)CSc2cccc(NC(=O)/C(=C/c3ccsc3)NC(=O)c3ccccc3)c2)sc2c1CCC(c1ccccc1)C2. The van der Waals surface area contributed by atoms with Gasteiger partial charge in [-0.3, -0.25) is 14.4 Å². The second-order valence-electron chi connectivity index (χ2n) is 11.5. The molecule has 11 heteroatoms. The van der Waals surface area contributed by atoms with Crippen molar-refractivity contribution < 1.29 is 23.9 Å². The van der Waals surface area contributed by atoms with Gasteiger partial charge in [-0.25, -0.2) is 4.79 Å². The molecule has 6 rings (SSSR count). The molecule has 3 aromatic carbocycles. The molecule has 8 nitrogen and oxygen atoms in total. The fourth-order valence-electron chi connectivity index (χ4n) is 5.74. The topological polar surface area (TPSA) is 114 Å². The zero-order valence-corrected chi connectivity index (χ0v) is 29.7. The van der Waals surface area contributed by atoms with Gasteiger partial charge in [0.2, 0.25) is 5.91 Å². The van der Waals surface area contributed by atoms with Crippen LogP contribution in [-0.2, 0) is 27.2 Å². The minimum atomic E-state index is -0.483. The minimum Gasteiger partial charge on any atom is -0.462 e. The Morgan fingerprint density at radius 1 is 0.940 bits per heavy atom. The zero-order chi connectivity index (χ0) is 34.9. The van der Waals surface area contributed by atoms with Crippen LogP contribution < -0.4 is 16.0 Å². The summed E-state index contributed by atoms with van der Waals surface area (Å²) in [5, 5.41) is 12.9. The summed E-state index contributed by atoms with van der Waals surface area (Å²) < 4.78 is 5.40. The van der Waals surface area contributed by atoms with Gasteiger partial charge in [-0.15, -0.1) is 23.1 Å².